The number of para-hydroxylation sites is 1. The molecule has 114 valence electrons. The van der Waals surface area contributed by atoms with Gasteiger partial charge in [-0.15, -0.1) is 11.3 Å². The molecule has 5 nitrogen and oxygen atoms in total. The lowest BCUT2D eigenvalue weighted by atomic mass is 10.2. The van der Waals surface area contributed by atoms with E-state index in [2.05, 4.69) is 4.72 Å². The van der Waals surface area contributed by atoms with Gasteiger partial charge in [-0.05, 0) is 18.2 Å². The highest BCUT2D eigenvalue weighted by atomic mass is 32.2. The first-order chi connectivity index (χ1) is 10.1. The Bertz CT molecular complexity index is 695. The fourth-order valence-electron chi connectivity index (χ4n) is 1.84. The van der Waals surface area contributed by atoms with Crippen LogP contribution in [-0.4, -0.2) is 27.2 Å². The molecule has 0 radical (unpaired) electrons. The maximum atomic E-state index is 12.4. The Morgan fingerprint density at radius 3 is 2.71 bits per heavy atom. The third-order valence-corrected chi connectivity index (χ3v) is 5.82. The van der Waals surface area contributed by atoms with Crippen LogP contribution in [0.25, 0.3) is 0 Å². The average Bonchev–Trinajstić information content (AvgIpc) is 2.91. The number of aliphatic hydroxyl groups is 1. The monoisotopic (exact) mass is 327 g/mol. The first-order valence-electron chi connectivity index (χ1n) is 6.36. The summed E-state index contributed by atoms with van der Waals surface area (Å²) in [5.74, 6) is 0. The molecule has 21 heavy (non-hydrogen) atoms. The molecule has 0 aliphatic heterocycles. The minimum atomic E-state index is -3.62. The van der Waals surface area contributed by atoms with Gasteiger partial charge in [0.05, 0.1) is 12.3 Å². The maximum Gasteiger partial charge on any atom is 0.271 e. The third kappa shape index (κ3) is 4.04. The zero-order valence-corrected chi connectivity index (χ0v) is 13.2. The van der Waals surface area contributed by atoms with Crippen LogP contribution in [0.15, 0.2) is 40.6 Å². The molecule has 7 heteroatoms. The quantitative estimate of drug-likeness (QED) is 0.818. The van der Waals surface area contributed by atoms with Crippen molar-refractivity contribution in [1.82, 2.24) is 0 Å². The number of hydrogen-bond donors (Lipinski definition) is 2. The predicted octanol–water partition coefficient (Wildman–Crippen LogP) is 2.23. The number of ether oxygens (including phenoxy) is 1. The number of nitrogens with one attached hydrogen (secondary N) is 1. The smallest absolute Gasteiger partial charge is 0.271 e. The Kier molecular flexibility index (Phi) is 5.35. The first kappa shape index (κ1) is 16.0. The standard InChI is InChI=1S/C14H17NO4S2/c1-19-10-11-4-2-3-5-13(11)15-21(17,18)14-7-6-12(20-14)8-9-16/h2-7,15-16H,8-10H2,1H3. The largest absolute Gasteiger partial charge is 0.396 e. The molecule has 0 spiro atoms. The van der Waals surface area contributed by atoms with Crippen molar-refractivity contribution >= 4 is 27.0 Å². The van der Waals surface area contributed by atoms with Gasteiger partial charge in [0, 0.05) is 30.6 Å². The summed E-state index contributed by atoms with van der Waals surface area (Å²) in [6.07, 6.45) is 0.459. The molecule has 1 aromatic heterocycles. The van der Waals surface area contributed by atoms with Gasteiger partial charge in [-0.25, -0.2) is 8.42 Å². The van der Waals surface area contributed by atoms with Crippen molar-refractivity contribution in [2.75, 3.05) is 18.4 Å². The fraction of sp³-hybridized carbons (Fsp3) is 0.286. The number of thiophene rings is 1. The Morgan fingerprint density at radius 2 is 2.00 bits per heavy atom. The van der Waals surface area contributed by atoms with Crippen LogP contribution in [0.2, 0.25) is 0 Å². The van der Waals surface area contributed by atoms with Crippen LogP contribution >= 0.6 is 11.3 Å². The van der Waals surface area contributed by atoms with Gasteiger partial charge in [-0.3, -0.25) is 4.72 Å². The SMILES string of the molecule is COCc1ccccc1NS(=O)(=O)c1ccc(CCO)s1. The van der Waals surface area contributed by atoms with Crippen molar-refractivity contribution in [2.24, 2.45) is 0 Å². The molecule has 0 saturated carbocycles. The van der Waals surface area contributed by atoms with E-state index in [9.17, 15) is 8.42 Å². The van der Waals surface area contributed by atoms with Crippen molar-refractivity contribution in [2.45, 2.75) is 17.2 Å². The van der Waals surface area contributed by atoms with E-state index in [1.807, 2.05) is 12.1 Å². The summed E-state index contributed by atoms with van der Waals surface area (Å²) < 4.78 is 32.6. The summed E-state index contributed by atoms with van der Waals surface area (Å²) in [5.41, 5.74) is 1.28. The van der Waals surface area contributed by atoms with E-state index in [0.717, 1.165) is 21.8 Å². The van der Waals surface area contributed by atoms with Crippen molar-refractivity contribution in [3.8, 4) is 0 Å². The van der Waals surface area contributed by atoms with Crippen molar-refractivity contribution in [1.29, 1.82) is 0 Å². The lowest BCUT2D eigenvalue weighted by Crippen LogP contribution is -2.13. The van der Waals surface area contributed by atoms with E-state index >= 15 is 0 Å². The second-order valence-electron chi connectivity index (χ2n) is 4.39. The normalized spacial score (nSPS) is 11.5. The maximum absolute atomic E-state index is 12.4. The van der Waals surface area contributed by atoms with Gasteiger partial charge in [0.15, 0.2) is 0 Å². The topological polar surface area (TPSA) is 75.6 Å². The van der Waals surface area contributed by atoms with Crippen LogP contribution in [0.3, 0.4) is 0 Å². The number of benzene rings is 1. The van der Waals surface area contributed by atoms with Gasteiger partial charge in [0.1, 0.15) is 4.21 Å². The molecule has 0 amide bonds. The molecule has 1 heterocycles. The summed E-state index contributed by atoms with van der Waals surface area (Å²) in [7, 11) is -2.06. The van der Waals surface area contributed by atoms with Gasteiger partial charge in [0.2, 0.25) is 0 Å². The summed E-state index contributed by atoms with van der Waals surface area (Å²) in [5, 5.41) is 8.89. The minimum Gasteiger partial charge on any atom is -0.396 e. The number of methoxy groups -OCH3 is 1. The van der Waals surface area contributed by atoms with Crippen LogP contribution in [0, 0.1) is 0 Å². The highest BCUT2D eigenvalue weighted by Gasteiger charge is 2.18. The van der Waals surface area contributed by atoms with Gasteiger partial charge in [-0.1, -0.05) is 18.2 Å². The minimum absolute atomic E-state index is 0.00407. The molecule has 0 atom stereocenters. The summed E-state index contributed by atoms with van der Waals surface area (Å²) in [4.78, 5) is 0.836. The van der Waals surface area contributed by atoms with Crippen LogP contribution < -0.4 is 4.72 Å². The van der Waals surface area contributed by atoms with E-state index < -0.39 is 10.0 Å². The van der Waals surface area contributed by atoms with Crippen LogP contribution in [-0.2, 0) is 27.8 Å². The Labute approximate surface area is 128 Å². The van der Waals surface area contributed by atoms with E-state index in [1.54, 1.807) is 31.4 Å². The molecule has 0 bridgehead atoms. The van der Waals surface area contributed by atoms with Crippen LogP contribution in [0.5, 0.6) is 0 Å². The average molecular weight is 327 g/mol. The Hall–Kier alpha value is -1.41. The van der Waals surface area contributed by atoms with Gasteiger partial charge in [0.25, 0.3) is 10.0 Å². The van der Waals surface area contributed by atoms with Gasteiger partial charge < -0.3 is 9.84 Å². The molecule has 0 aliphatic carbocycles. The highest BCUT2D eigenvalue weighted by Crippen LogP contribution is 2.26. The summed E-state index contributed by atoms with van der Waals surface area (Å²) >= 11 is 1.16. The molecule has 0 unspecified atom stereocenters. The number of anilines is 1. The van der Waals surface area contributed by atoms with E-state index in [4.69, 9.17) is 9.84 Å². The zero-order chi connectivity index (χ0) is 15.3. The number of rotatable bonds is 7. The number of sulfonamides is 1. The lowest BCUT2D eigenvalue weighted by Gasteiger charge is -2.11. The third-order valence-electron chi connectivity index (χ3n) is 2.82. The Balaban J connectivity index is 2.24. The molecule has 2 rings (SSSR count). The first-order valence-corrected chi connectivity index (χ1v) is 8.66. The number of aliphatic hydroxyl groups excluding tert-OH is 1. The van der Waals surface area contributed by atoms with Gasteiger partial charge in [-0.2, -0.15) is 0 Å². The second-order valence-corrected chi connectivity index (χ2v) is 7.47. The predicted molar refractivity (Wildman–Crippen MR) is 83.1 cm³/mol. The Morgan fingerprint density at radius 1 is 1.24 bits per heavy atom. The lowest BCUT2D eigenvalue weighted by molar-refractivity contribution is 0.185. The molecule has 2 N–H and O–H groups in total. The number of hydrogen-bond acceptors (Lipinski definition) is 5. The van der Waals surface area contributed by atoms with Crippen molar-refractivity contribution in [3.05, 3.63) is 46.8 Å². The van der Waals surface area contributed by atoms with Crippen molar-refractivity contribution in [3.63, 3.8) is 0 Å². The summed E-state index contributed by atoms with van der Waals surface area (Å²) in [6, 6.07) is 10.4. The molecular formula is C14H17NO4S2. The molecule has 0 fully saturated rings. The van der Waals surface area contributed by atoms with Gasteiger partial charge >= 0.3 is 0 Å². The summed E-state index contributed by atoms with van der Waals surface area (Å²) in [6.45, 7) is 0.336. The van der Waals surface area contributed by atoms with Crippen molar-refractivity contribution < 1.29 is 18.3 Å². The van der Waals surface area contributed by atoms with E-state index in [1.165, 1.54) is 0 Å². The zero-order valence-electron chi connectivity index (χ0n) is 11.6. The fourth-order valence-corrected chi connectivity index (χ4v) is 4.29. The molecule has 0 saturated heterocycles. The van der Waals surface area contributed by atoms with E-state index in [0.29, 0.717) is 18.7 Å². The van der Waals surface area contributed by atoms with Crippen LogP contribution in [0.1, 0.15) is 10.4 Å². The molecule has 0 aliphatic rings. The highest BCUT2D eigenvalue weighted by molar-refractivity contribution is 7.94. The van der Waals surface area contributed by atoms with E-state index in [-0.39, 0.29) is 10.8 Å². The second kappa shape index (κ2) is 7.04. The molecule has 2 aromatic rings. The van der Waals surface area contributed by atoms with Crippen LogP contribution in [0.4, 0.5) is 5.69 Å². The molecule has 1 aromatic carbocycles. The molecular weight excluding hydrogens is 310 g/mol.